The maximum atomic E-state index is 12.2. The first-order chi connectivity index (χ1) is 9.62. The van der Waals surface area contributed by atoms with E-state index < -0.39 is 5.54 Å². The molecule has 0 fully saturated rings. The maximum Gasteiger partial charge on any atom is 0.325 e. The van der Waals surface area contributed by atoms with Crippen LogP contribution in [0, 0.1) is 13.8 Å². The number of carbonyl (C=O) groups is 1. The number of halogens is 1. The minimum atomic E-state index is -0.735. The normalized spacial score (nSPS) is 15.9. The molecule has 1 N–H and O–H groups in total. The minimum absolute atomic E-state index is 0.0744. The molecule has 0 bridgehead atoms. The molecule has 1 aromatic heterocycles. The van der Waals surface area contributed by atoms with E-state index in [0.717, 1.165) is 15.9 Å². The lowest BCUT2D eigenvalue weighted by atomic mass is 9.92. The SMILES string of the molecule is COC(=O)C(C)(CC(C)n1nc(C)c(Br)c1C)NC(C)C. The maximum absolute atomic E-state index is 12.2. The molecule has 1 aromatic rings. The molecule has 0 radical (unpaired) electrons. The molecule has 1 rings (SSSR count). The molecule has 0 aromatic carbocycles. The van der Waals surface area contributed by atoms with Gasteiger partial charge in [-0.2, -0.15) is 5.10 Å². The van der Waals surface area contributed by atoms with E-state index in [1.54, 1.807) is 0 Å². The van der Waals surface area contributed by atoms with Gasteiger partial charge in [0.25, 0.3) is 0 Å². The highest BCUT2D eigenvalue weighted by molar-refractivity contribution is 9.10. The van der Waals surface area contributed by atoms with Crippen LogP contribution in [0.4, 0.5) is 0 Å². The Morgan fingerprint density at radius 2 is 2.00 bits per heavy atom. The molecule has 120 valence electrons. The van der Waals surface area contributed by atoms with Gasteiger partial charge in [-0.05, 0) is 63.9 Å². The van der Waals surface area contributed by atoms with E-state index in [1.165, 1.54) is 7.11 Å². The van der Waals surface area contributed by atoms with Crippen LogP contribution >= 0.6 is 15.9 Å². The fourth-order valence-corrected chi connectivity index (χ4v) is 3.07. The number of aromatic nitrogens is 2. The molecule has 6 heteroatoms. The van der Waals surface area contributed by atoms with Gasteiger partial charge in [0, 0.05) is 6.04 Å². The monoisotopic (exact) mass is 359 g/mol. The van der Waals surface area contributed by atoms with Crippen molar-refractivity contribution in [1.29, 1.82) is 0 Å². The van der Waals surface area contributed by atoms with Gasteiger partial charge < -0.3 is 4.74 Å². The Labute approximate surface area is 135 Å². The zero-order chi connectivity index (χ0) is 16.4. The van der Waals surface area contributed by atoms with Gasteiger partial charge in [-0.15, -0.1) is 0 Å². The number of hydrogen-bond donors (Lipinski definition) is 1. The molecule has 0 amide bonds. The average Bonchev–Trinajstić information content (AvgIpc) is 2.64. The molecular formula is C15H26BrN3O2. The Kier molecular flexibility index (Phi) is 5.99. The van der Waals surface area contributed by atoms with Crippen LogP contribution in [0.1, 0.15) is 51.5 Å². The van der Waals surface area contributed by atoms with Gasteiger partial charge in [0.05, 0.1) is 29.0 Å². The van der Waals surface area contributed by atoms with Gasteiger partial charge in [-0.3, -0.25) is 14.8 Å². The quantitative estimate of drug-likeness (QED) is 0.792. The van der Waals surface area contributed by atoms with Gasteiger partial charge in [0.2, 0.25) is 0 Å². The molecule has 0 spiro atoms. The molecule has 0 saturated heterocycles. The summed E-state index contributed by atoms with van der Waals surface area (Å²) in [5.41, 5.74) is 1.29. The predicted molar refractivity (Wildman–Crippen MR) is 87.4 cm³/mol. The largest absolute Gasteiger partial charge is 0.468 e. The van der Waals surface area contributed by atoms with Crippen molar-refractivity contribution in [3.8, 4) is 0 Å². The lowest BCUT2D eigenvalue weighted by molar-refractivity contribution is -0.149. The smallest absolute Gasteiger partial charge is 0.325 e. The molecular weight excluding hydrogens is 334 g/mol. The Balaban J connectivity index is 3.02. The lowest BCUT2D eigenvalue weighted by Crippen LogP contribution is -2.54. The predicted octanol–water partition coefficient (Wildman–Crippen LogP) is 3.14. The van der Waals surface area contributed by atoms with Crippen LogP contribution in [0.25, 0.3) is 0 Å². The average molecular weight is 360 g/mol. The molecule has 0 saturated carbocycles. The van der Waals surface area contributed by atoms with E-state index in [9.17, 15) is 4.79 Å². The molecule has 21 heavy (non-hydrogen) atoms. The number of methoxy groups -OCH3 is 1. The van der Waals surface area contributed by atoms with Crippen LogP contribution in [-0.4, -0.2) is 34.4 Å². The fourth-order valence-electron chi connectivity index (χ4n) is 2.81. The van der Waals surface area contributed by atoms with E-state index in [0.29, 0.717) is 6.42 Å². The van der Waals surface area contributed by atoms with Crippen molar-refractivity contribution in [3.63, 3.8) is 0 Å². The molecule has 0 aliphatic rings. The van der Waals surface area contributed by atoms with E-state index in [4.69, 9.17) is 4.74 Å². The van der Waals surface area contributed by atoms with E-state index in [2.05, 4.69) is 33.3 Å². The van der Waals surface area contributed by atoms with Crippen molar-refractivity contribution in [2.75, 3.05) is 7.11 Å². The van der Waals surface area contributed by atoms with E-state index in [1.807, 2.05) is 39.3 Å². The van der Waals surface area contributed by atoms with Crippen molar-refractivity contribution in [1.82, 2.24) is 15.1 Å². The van der Waals surface area contributed by atoms with Crippen molar-refractivity contribution in [2.24, 2.45) is 0 Å². The van der Waals surface area contributed by atoms with Crippen molar-refractivity contribution < 1.29 is 9.53 Å². The van der Waals surface area contributed by atoms with E-state index >= 15 is 0 Å². The van der Waals surface area contributed by atoms with Gasteiger partial charge in [0.15, 0.2) is 0 Å². The third-order valence-electron chi connectivity index (χ3n) is 3.60. The highest BCUT2D eigenvalue weighted by atomic mass is 79.9. The summed E-state index contributed by atoms with van der Waals surface area (Å²) in [6.07, 6.45) is 0.603. The second-order valence-electron chi connectivity index (χ2n) is 6.11. The summed E-state index contributed by atoms with van der Waals surface area (Å²) in [7, 11) is 1.42. The zero-order valence-corrected chi connectivity index (χ0v) is 15.5. The molecule has 0 aliphatic heterocycles. The number of rotatable bonds is 6. The molecule has 1 heterocycles. The number of ether oxygens (including phenoxy) is 1. The van der Waals surface area contributed by atoms with Gasteiger partial charge in [-0.25, -0.2) is 0 Å². The number of nitrogens with zero attached hydrogens (tertiary/aromatic N) is 2. The Hall–Kier alpha value is -0.880. The molecule has 0 aliphatic carbocycles. The summed E-state index contributed by atoms with van der Waals surface area (Å²) in [6, 6.07) is 0.263. The second kappa shape index (κ2) is 6.92. The summed E-state index contributed by atoms with van der Waals surface area (Å²) in [5.74, 6) is -0.247. The lowest BCUT2D eigenvalue weighted by Gasteiger charge is -2.32. The van der Waals surface area contributed by atoms with Crippen LogP contribution in [0.15, 0.2) is 4.47 Å². The zero-order valence-electron chi connectivity index (χ0n) is 14.0. The Morgan fingerprint density at radius 1 is 1.43 bits per heavy atom. The van der Waals surface area contributed by atoms with Crippen LogP contribution < -0.4 is 5.32 Å². The number of esters is 1. The summed E-state index contributed by atoms with van der Waals surface area (Å²) in [6.45, 7) is 12.0. The number of hydrogen-bond acceptors (Lipinski definition) is 4. The Morgan fingerprint density at radius 3 is 2.38 bits per heavy atom. The first-order valence-electron chi connectivity index (χ1n) is 7.19. The number of aryl methyl sites for hydroxylation is 1. The van der Waals surface area contributed by atoms with Crippen molar-refractivity contribution in [2.45, 2.75) is 65.6 Å². The highest BCUT2D eigenvalue weighted by Crippen LogP contribution is 2.28. The highest BCUT2D eigenvalue weighted by Gasteiger charge is 2.37. The summed E-state index contributed by atoms with van der Waals surface area (Å²) < 4.78 is 7.95. The number of carbonyl (C=O) groups excluding carboxylic acids is 1. The third-order valence-corrected chi connectivity index (χ3v) is 4.75. The molecule has 2 unspecified atom stereocenters. The first kappa shape index (κ1) is 18.2. The molecule has 2 atom stereocenters. The third kappa shape index (κ3) is 4.07. The van der Waals surface area contributed by atoms with Crippen molar-refractivity contribution in [3.05, 3.63) is 15.9 Å². The van der Waals surface area contributed by atoms with E-state index in [-0.39, 0.29) is 18.1 Å². The fraction of sp³-hybridized carbons (Fsp3) is 0.733. The van der Waals surface area contributed by atoms with Crippen LogP contribution in [0.2, 0.25) is 0 Å². The van der Waals surface area contributed by atoms with Crippen molar-refractivity contribution >= 4 is 21.9 Å². The summed E-state index contributed by atoms with van der Waals surface area (Å²) >= 11 is 3.54. The second-order valence-corrected chi connectivity index (χ2v) is 6.90. The van der Waals surface area contributed by atoms with Crippen LogP contribution in [0.5, 0.6) is 0 Å². The minimum Gasteiger partial charge on any atom is -0.468 e. The number of nitrogens with one attached hydrogen (secondary N) is 1. The first-order valence-corrected chi connectivity index (χ1v) is 7.99. The van der Waals surface area contributed by atoms with Gasteiger partial charge in [0.1, 0.15) is 5.54 Å². The summed E-state index contributed by atoms with van der Waals surface area (Å²) in [4.78, 5) is 12.2. The summed E-state index contributed by atoms with van der Waals surface area (Å²) in [5, 5.41) is 7.87. The van der Waals surface area contributed by atoms with Gasteiger partial charge >= 0.3 is 5.97 Å². The van der Waals surface area contributed by atoms with Gasteiger partial charge in [-0.1, -0.05) is 0 Å². The van der Waals surface area contributed by atoms with Crippen LogP contribution in [0.3, 0.4) is 0 Å². The topological polar surface area (TPSA) is 56.2 Å². The standard InChI is InChI=1S/C15H26BrN3O2/c1-9(2)17-15(6,14(20)21-7)8-10(3)19-12(5)13(16)11(4)18-19/h9-10,17H,8H2,1-7H3. The Bertz CT molecular complexity index is 513. The van der Waals surface area contributed by atoms with Crippen LogP contribution in [-0.2, 0) is 9.53 Å². The molecule has 5 nitrogen and oxygen atoms in total.